The molecular formula is C11H11ClS. The minimum absolute atomic E-state index is 0.0485. The highest BCUT2D eigenvalue weighted by Gasteiger charge is 2.29. The van der Waals surface area contributed by atoms with Crippen LogP contribution in [0.4, 0.5) is 0 Å². The Bertz CT molecular complexity index is 346. The number of halogens is 1. The van der Waals surface area contributed by atoms with E-state index in [4.69, 9.17) is 10.7 Å². The maximum atomic E-state index is 5.93. The molecule has 0 spiro atoms. The van der Waals surface area contributed by atoms with E-state index in [0.717, 1.165) is 6.42 Å². The summed E-state index contributed by atoms with van der Waals surface area (Å²) in [5.74, 6) is 0. The van der Waals surface area contributed by atoms with Crippen LogP contribution in [0, 0.1) is 0 Å². The van der Waals surface area contributed by atoms with Gasteiger partial charge in [-0.25, -0.2) is 0 Å². The van der Waals surface area contributed by atoms with Crippen LogP contribution in [-0.4, -0.2) is 0 Å². The second-order valence-corrected chi connectivity index (χ2v) is 5.02. The van der Waals surface area contributed by atoms with Crippen LogP contribution >= 0.6 is 21.7 Å². The smallest absolute Gasteiger partial charge is 0.0571 e. The van der Waals surface area contributed by atoms with Crippen molar-refractivity contribution in [1.29, 1.82) is 0 Å². The summed E-state index contributed by atoms with van der Waals surface area (Å²) in [6.45, 7) is 2.19. The van der Waals surface area contributed by atoms with E-state index in [9.17, 15) is 0 Å². The predicted molar refractivity (Wildman–Crippen MR) is 60.9 cm³/mol. The highest BCUT2D eigenvalue weighted by atomic mass is 35.7. The van der Waals surface area contributed by atoms with E-state index in [2.05, 4.69) is 43.3 Å². The van der Waals surface area contributed by atoms with Gasteiger partial charge < -0.3 is 0 Å². The summed E-state index contributed by atoms with van der Waals surface area (Å²) in [4.78, 5) is 0. The van der Waals surface area contributed by atoms with Crippen LogP contribution < -0.4 is 0 Å². The van der Waals surface area contributed by atoms with Crippen molar-refractivity contribution in [2.75, 3.05) is 0 Å². The predicted octanol–water partition coefficient (Wildman–Crippen LogP) is 4.21. The van der Waals surface area contributed by atoms with E-state index in [1.807, 2.05) is 0 Å². The Kier molecular flexibility index (Phi) is 2.39. The van der Waals surface area contributed by atoms with Crippen LogP contribution in [0.2, 0.25) is 0 Å². The van der Waals surface area contributed by atoms with Crippen molar-refractivity contribution in [3.63, 3.8) is 0 Å². The van der Waals surface area contributed by atoms with Crippen molar-refractivity contribution < 1.29 is 0 Å². The summed E-state index contributed by atoms with van der Waals surface area (Å²) < 4.78 is 0.0485. The lowest BCUT2D eigenvalue weighted by Gasteiger charge is -2.29. The molecule has 0 radical (unpaired) electrons. The Labute approximate surface area is 87.5 Å². The zero-order chi connectivity index (χ0) is 9.31. The molecule has 0 heterocycles. The van der Waals surface area contributed by atoms with Crippen LogP contribution in [0.25, 0.3) is 6.08 Å². The first-order valence-corrected chi connectivity index (χ1v) is 5.96. The van der Waals surface area contributed by atoms with Crippen molar-refractivity contribution >= 4 is 27.7 Å². The first-order valence-electron chi connectivity index (χ1n) is 4.32. The molecule has 0 aliphatic heterocycles. The molecule has 0 aromatic heterocycles. The van der Waals surface area contributed by atoms with E-state index in [0.29, 0.717) is 0 Å². The Balaban J connectivity index is 2.55. The molecule has 1 aliphatic rings. The monoisotopic (exact) mass is 210 g/mol. The van der Waals surface area contributed by atoms with E-state index >= 15 is 0 Å². The Morgan fingerprint density at radius 2 is 2.15 bits per heavy atom. The molecule has 1 atom stereocenters. The molecule has 68 valence electrons. The van der Waals surface area contributed by atoms with Crippen LogP contribution in [0.5, 0.6) is 0 Å². The normalized spacial score (nSPS) is 25.7. The first-order chi connectivity index (χ1) is 6.26. The van der Waals surface area contributed by atoms with Gasteiger partial charge in [0.15, 0.2) is 0 Å². The summed E-state index contributed by atoms with van der Waals surface area (Å²) in [7, 11) is 7.34. The maximum absolute atomic E-state index is 5.93. The van der Waals surface area contributed by atoms with Gasteiger partial charge in [0.1, 0.15) is 0 Å². The third-order valence-electron chi connectivity index (χ3n) is 2.51. The summed E-state index contributed by atoms with van der Waals surface area (Å²) in [6.07, 6.45) is 5.38. The Morgan fingerprint density at radius 1 is 1.38 bits per heavy atom. The molecule has 1 aromatic carbocycles. The largest absolute Gasteiger partial charge is 0.0822 e. The fraction of sp³-hybridized carbons (Fsp3) is 0.273. The van der Waals surface area contributed by atoms with E-state index in [1.54, 1.807) is 0 Å². The number of hydrogen-bond donors (Lipinski definition) is 0. The highest BCUT2D eigenvalue weighted by Crippen LogP contribution is 2.45. The van der Waals surface area contributed by atoms with Crippen molar-refractivity contribution in [3.05, 3.63) is 41.5 Å². The van der Waals surface area contributed by atoms with Crippen molar-refractivity contribution in [2.45, 2.75) is 18.1 Å². The van der Waals surface area contributed by atoms with Gasteiger partial charge in [0.05, 0.1) is 4.75 Å². The van der Waals surface area contributed by atoms with Crippen LogP contribution in [0.15, 0.2) is 30.3 Å². The SMILES string of the molecule is CC1(SCl)CC=Cc2ccccc21. The number of allylic oxidation sites excluding steroid dienone is 1. The minimum Gasteiger partial charge on any atom is -0.0822 e. The number of fused-ring (bicyclic) bond motifs is 1. The summed E-state index contributed by atoms with van der Waals surface area (Å²) in [6, 6.07) is 8.43. The molecule has 1 aromatic rings. The molecule has 13 heavy (non-hydrogen) atoms. The van der Waals surface area contributed by atoms with Gasteiger partial charge in [0.2, 0.25) is 0 Å². The van der Waals surface area contributed by atoms with Gasteiger partial charge in [0, 0.05) is 0 Å². The Hall–Kier alpha value is -0.400. The lowest BCUT2D eigenvalue weighted by molar-refractivity contribution is 0.703. The molecule has 0 bridgehead atoms. The third kappa shape index (κ3) is 1.51. The molecule has 1 unspecified atom stereocenters. The maximum Gasteiger partial charge on any atom is 0.0571 e. The first kappa shape index (κ1) is 9.17. The van der Waals surface area contributed by atoms with Crippen molar-refractivity contribution in [2.24, 2.45) is 0 Å². The number of hydrogen-bond acceptors (Lipinski definition) is 1. The molecule has 0 saturated carbocycles. The zero-order valence-electron chi connectivity index (χ0n) is 7.46. The topological polar surface area (TPSA) is 0 Å². The van der Waals surface area contributed by atoms with Crippen LogP contribution in [-0.2, 0) is 4.75 Å². The third-order valence-corrected chi connectivity index (χ3v) is 4.25. The molecule has 0 fully saturated rings. The van der Waals surface area contributed by atoms with Crippen LogP contribution in [0.3, 0.4) is 0 Å². The summed E-state index contributed by atoms with van der Waals surface area (Å²) >= 11 is 0. The average Bonchev–Trinajstić information content (AvgIpc) is 2.19. The fourth-order valence-electron chi connectivity index (χ4n) is 1.72. The van der Waals surface area contributed by atoms with Gasteiger partial charge in [-0.3, -0.25) is 0 Å². The Morgan fingerprint density at radius 3 is 2.92 bits per heavy atom. The average molecular weight is 211 g/mol. The van der Waals surface area contributed by atoms with Gasteiger partial charge in [-0.15, -0.1) is 0 Å². The summed E-state index contributed by atoms with van der Waals surface area (Å²) in [5.41, 5.74) is 2.64. The quantitative estimate of drug-likeness (QED) is 0.670. The van der Waals surface area contributed by atoms with Crippen molar-refractivity contribution in [3.8, 4) is 0 Å². The van der Waals surface area contributed by atoms with Gasteiger partial charge in [-0.05, 0) is 46.1 Å². The highest BCUT2D eigenvalue weighted by molar-refractivity contribution is 8.21. The number of rotatable bonds is 1. The second kappa shape index (κ2) is 3.39. The molecular weight excluding hydrogens is 200 g/mol. The van der Waals surface area contributed by atoms with E-state index in [1.165, 1.54) is 22.1 Å². The fourth-order valence-corrected chi connectivity index (χ4v) is 2.58. The van der Waals surface area contributed by atoms with Gasteiger partial charge in [-0.1, -0.05) is 36.4 Å². The zero-order valence-corrected chi connectivity index (χ0v) is 9.03. The molecule has 0 N–H and O–H groups in total. The van der Waals surface area contributed by atoms with Crippen molar-refractivity contribution in [1.82, 2.24) is 0 Å². The molecule has 2 heteroatoms. The molecule has 0 nitrogen and oxygen atoms in total. The molecule has 0 amide bonds. The minimum atomic E-state index is 0.0485. The second-order valence-electron chi connectivity index (χ2n) is 3.50. The molecule has 0 saturated heterocycles. The standard InChI is InChI=1S/C11H11ClS/c1-11(13-12)8-4-6-9-5-2-3-7-10(9)11/h2-7H,8H2,1H3. The number of benzene rings is 1. The van der Waals surface area contributed by atoms with Gasteiger partial charge in [0.25, 0.3) is 0 Å². The molecule has 2 rings (SSSR count). The van der Waals surface area contributed by atoms with Crippen LogP contribution in [0.1, 0.15) is 24.5 Å². The van der Waals surface area contributed by atoms with Gasteiger partial charge >= 0.3 is 0 Å². The summed E-state index contributed by atoms with van der Waals surface area (Å²) in [5, 5.41) is 0. The molecule has 1 aliphatic carbocycles. The lowest BCUT2D eigenvalue weighted by Crippen LogP contribution is -2.18. The lowest BCUT2D eigenvalue weighted by atomic mass is 9.88. The van der Waals surface area contributed by atoms with Gasteiger partial charge in [-0.2, -0.15) is 0 Å². The van der Waals surface area contributed by atoms with E-state index in [-0.39, 0.29) is 4.75 Å². The van der Waals surface area contributed by atoms with E-state index < -0.39 is 0 Å².